The van der Waals surface area contributed by atoms with Crippen molar-refractivity contribution in [2.75, 3.05) is 0 Å². The van der Waals surface area contributed by atoms with Crippen molar-refractivity contribution in [1.29, 1.82) is 5.26 Å². The van der Waals surface area contributed by atoms with Crippen molar-refractivity contribution >= 4 is 0 Å². The van der Waals surface area contributed by atoms with Crippen LogP contribution in [0.4, 0.5) is 0 Å². The summed E-state index contributed by atoms with van der Waals surface area (Å²) in [4.78, 5) is 4.42. The smallest absolute Gasteiger partial charge is 0.155 e. The quantitative estimate of drug-likeness (QED) is 0.750. The second kappa shape index (κ2) is 4.02. The second-order valence-electron chi connectivity index (χ2n) is 4.17. The summed E-state index contributed by atoms with van der Waals surface area (Å²) >= 11 is 0. The summed E-state index contributed by atoms with van der Waals surface area (Å²) in [5.41, 5.74) is 4.64. The average Bonchev–Trinajstić information content (AvgIpc) is 2.56. The molecule has 0 atom stereocenters. The fourth-order valence-electron chi connectivity index (χ4n) is 1.77. The van der Waals surface area contributed by atoms with Crippen LogP contribution in [0.5, 0.6) is 0 Å². The third-order valence-electron chi connectivity index (χ3n) is 2.94. The molecule has 0 saturated heterocycles. The minimum atomic E-state index is 0.609. The van der Waals surface area contributed by atoms with E-state index < -0.39 is 0 Å². The number of nitrogens with zero attached hydrogens (tertiary/aromatic N) is 4. The minimum absolute atomic E-state index is 0.609. The van der Waals surface area contributed by atoms with Crippen LogP contribution < -0.4 is 0 Å². The third-order valence-corrected chi connectivity index (χ3v) is 2.94. The molecule has 0 spiro atoms. The molecule has 4 nitrogen and oxygen atoms in total. The molecule has 0 saturated carbocycles. The van der Waals surface area contributed by atoms with Gasteiger partial charge in [-0.3, -0.25) is 0 Å². The Hall–Kier alpha value is -2.15. The Kier molecular flexibility index (Phi) is 2.68. The second-order valence-corrected chi connectivity index (χ2v) is 4.17. The molecule has 2 rings (SSSR count). The highest BCUT2D eigenvalue weighted by molar-refractivity contribution is 5.39. The molecule has 0 aromatic carbocycles. The summed E-state index contributed by atoms with van der Waals surface area (Å²) in [6.07, 6.45) is 0. The maximum absolute atomic E-state index is 8.96. The molecule has 86 valence electrons. The number of aromatic nitrogens is 3. The van der Waals surface area contributed by atoms with Gasteiger partial charge in [0.25, 0.3) is 0 Å². The van der Waals surface area contributed by atoms with E-state index in [2.05, 4.69) is 16.2 Å². The van der Waals surface area contributed by atoms with E-state index in [0.717, 1.165) is 22.6 Å². The average molecular weight is 226 g/mol. The molecule has 0 amide bonds. The molecular formula is C13H14N4. The maximum atomic E-state index is 8.96. The molecule has 0 N–H and O–H groups in total. The van der Waals surface area contributed by atoms with Gasteiger partial charge >= 0.3 is 0 Å². The van der Waals surface area contributed by atoms with E-state index in [1.165, 1.54) is 0 Å². The summed E-state index contributed by atoms with van der Waals surface area (Å²) in [5.74, 6) is 0.704. The standard InChI is InChI=1S/C13H14N4/c1-8-5-12(7-14)6-13(15-8)17-11(4)9(2)10(3)16-17/h5-6H,1-4H3. The lowest BCUT2D eigenvalue weighted by Crippen LogP contribution is -2.03. The lowest BCUT2D eigenvalue weighted by molar-refractivity contribution is 0.800. The minimum Gasteiger partial charge on any atom is -0.234 e. The van der Waals surface area contributed by atoms with Crippen LogP contribution in [0.1, 0.15) is 28.2 Å². The van der Waals surface area contributed by atoms with Gasteiger partial charge in [0.15, 0.2) is 5.82 Å². The molecule has 4 heteroatoms. The molecule has 2 heterocycles. The number of hydrogen-bond acceptors (Lipinski definition) is 3. The van der Waals surface area contributed by atoms with E-state index in [1.807, 2.05) is 27.7 Å². The van der Waals surface area contributed by atoms with Crippen LogP contribution in [-0.4, -0.2) is 14.8 Å². The van der Waals surface area contributed by atoms with Crippen molar-refractivity contribution in [2.45, 2.75) is 27.7 Å². The van der Waals surface area contributed by atoms with Gasteiger partial charge in [0.1, 0.15) is 0 Å². The summed E-state index contributed by atoms with van der Waals surface area (Å²) < 4.78 is 1.79. The van der Waals surface area contributed by atoms with E-state index in [4.69, 9.17) is 5.26 Å². The summed E-state index contributed by atoms with van der Waals surface area (Å²) in [6, 6.07) is 5.66. The predicted molar refractivity (Wildman–Crippen MR) is 65.0 cm³/mol. The van der Waals surface area contributed by atoms with Gasteiger partial charge in [0, 0.05) is 17.5 Å². The molecule has 0 aliphatic heterocycles. The molecule has 17 heavy (non-hydrogen) atoms. The zero-order valence-corrected chi connectivity index (χ0v) is 10.4. The van der Waals surface area contributed by atoms with Crippen LogP contribution in [0.25, 0.3) is 5.82 Å². The number of hydrogen-bond donors (Lipinski definition) is 0. The van der Waals surface area contributed by atoms with Crippen LogP contribution in [0, 0.1) is 39.0 Å². The number of pyridine rings is 1. The highest BCUT2D eigenvalue weighted by atomic mass is 15.3. The Bertz CT molecular complexity index is 617. The molecule has 2 aromatic heterocycles. The van der Waals surface area contributed by atoms with Crippen LogP contribution in [-0.2, 0) is 0 Å². The van der Waals surface area contributed by atoms with Crippen LogP contribution >= 0.6 is 0 Å². The highest BCUT2D eigenvalue weighted by Gasteiger charge is 2.10. The zero-order chi connectivity index (χ0) is 12.6. The van der Waals surface area contributed by atoms with Crippen LogP contribution in [0.15, 0.2) is 12.1 Å². The first-order valence-corrected chi connectivity index (χ1v) is 5.45. The fraction of sp³-hybridized carbons (Fsp3) is 0.308. The molecule has 0 aliphatic rings. The van der Waals surface area contributed by atoms with Gasteiger partial charge in [-0.25, -0.2) is 9.67 Å². The first kappa shape index (κ1) is 11.3. The lowest BCUT2D eigenvalue weighted by Gasteiger charge is -2.05. The van der Waals surface area contributed by atoms with E-state index in [1.54, 1.807) is 16.8 Å². The number of rotatable bonds is 1. The zero-order valence-electron chi connectivity index (χ0n) is 10.4. The Morgan fingerprint density at radius 3 is 2.41 bits per heavy atom. The highest BCUT2D eigenvalue weighted by Crippen LogP contribution is 2.16. The summed E-state index contributed by atoms with van der Waals surface area (Å²) in [7, 11) is 0. The van der Waals surface area contributed by atoms with Gasteiger partial charge in [0.05, 0.1) is 17.3 Å². The van der Waals surface area contributed by atoms with Gasteiger partial charge in [-0.2, -0.15) is 10.4 Å². The Morgan fingerprint density at radius 2 is 1.88 bits per heavy atom. The largest absolute Gasteiger partial charge is 0.234 e. The third kappa shape index (κ3) is 1.92. The van der Waals surface area contributed by atoms with Gasteiger partial charge in [-0.15, -0.1) is 0 Å². The van der Waals surface area contributed by atoms with Crippen LogP contribution in [0.2, 0.25) is 0 Å². The van der Waals surface area contributed by atoms with E-state index in [-0.39, 0.29) is 0 Å². The molecule has 0 fully saturated rings. The Balaban J connectivity index is 2.65. The molecule has 0 bridgehead atoms. The first-order valence-electron chi connectivity index (χ1n) is 5.45. The fourth-order valence-corrected chi connectivity index (χ4v) is 1.77. The predicted octanol–water partition coefficient (Wildman–Crippen LogP) is 2.37. The Morgan fingerprint density at radius 1 is 1.18 bits per heavy atom. The van der Waals surface area contributed by atoms with E-state index >= 15 is 0 Å². The summed E-state index contributed by atoms with van der Waals surface area (Å²) in [5, 5.41) is 13.4. The molecule has 0 unspecified atom stereocenters. The maximum Gasteiger partial charge on any atom is 0.155 e. The van der Waals surface area contributed by atoms with Crippen molar-refractivity contribution in [2.24, 2.45) is 0 Å². The monoisotopic (exact) mass is 226 g/mol. The molecular weight excluding hydrogens is 212 g/mol. The van der Waals surface area contributed by atoms with Crippen molar-refractivity contribution in [1.82, 2.24) is 14.8 Å². The van der Waals surface area contributed by atoms with Crippen molar-refractivity contribution in [3.63, 3.8) is 0 Å². The number of nitriles is 1. The van der Waals surface area contributed by atoms with E-state index in [0.29, 0.717) is 11.4 Å². The van der Waals surface area contributed by atoms with Crippen molar-refractivity contribution in [3.05, 3.63) is 40.3 Å². The van der Waals surface area contributed by atoms with Crippen molar-refractivity contribution in [3.8, 4) is 11.9 Å². The SMILES string of the molecule is Cc1cc(C#N)cc(-n2nc(C)c(C)c2C)n1. The first-order chi connectivity index (χ1) is 8.02. The number of aryl methyl sites for hydroxylation is 2. The van der Waals surface area contributed by atoms with Crippen molar-refractivity contribution < 1.29 is 0 Å². The topological polar surface area (TPSA) is 54.5 Å². The summed E-state index contributed by atoms with van der Waals surface area (Å²) in [6.45, 7) is 7.89. The van der Waals surface area contributed by atoms with Crippen LogP contribution in [0.3, 0.4) is 0 Å². The molecule has 0 radical (unpaired) electrons. The van der Waals surface area contributed by atoms with Gasteiger partial charge in [-0.05, 0) is 39.3 Å². The van der Waals surface area contributed by atoms with Gasteiger partial charge in [-0.1, -0.05) is 0 Å². The van der Waals surface area contributed by atoms with E-state index in [9.17, 15) is 0 Å². The van der Waals surface area contributed by atoms with Gasteiger partial charge < -0.3 is 0 Å². The normalized spacial score (nSPS) is 10.3. The molecule has 0 aliphatic carbocycles. The molecule has 2 aromatic rings. The lowest BCUT2D eigenvalue weighted by atomic mass is 10.2. The Labute approximate surface area is 101 Å². The van der Waals surface area contributed by atoms with Gasteiger partial charge in [0.2, 0.25) is 0 Å².